The number of nitrogens with two attached hydrogens (primary N) is 1. The zero-order valence-electron chi connectivity index (χ0n) is 12.1. The van der Waals surface area contributed by atoms with Crippen LogP contribution in [0.15, 0.2) is 24.3 Å². The molecule has 1 aromatic rings. The van der Waals surface area contributed by atoms with Crippen molar-refractivity contribution in [2.24, 2.45) is 5.73 Å². The first-order valence-electron chi connectivity index (χ1n) is 6.57. The highest BCUT2D eigenvalue weighted by atomic mass is 35.5. The Hall–Kier alpha value is -1.79. The maximum atomic E-state index is 11.5. The van der Waals surface area contributed by atoms with Gasteiger partial charge in [0.2, 0.25) is 11.8 Å². The molecule has 0 saturated carbocycles. The normalized spacial score (nSPS) is 9.57. The van der Waals surface area contributed by atoms with E-state index in [1.165, 1.54) is 0 Å². The Balaban J connectivity index is 0.00000400. The van der Waals surface area contributed by atoms with Gasteiger partial charge in [-0.15, -0.1) is 12.4 Å². The predicted octanol–water partition coefficient (Wildman–Crippen LogP) is 0.702. The Bertz CT molecular complexity index is 455. The van der Waals surface area contributed by atoms with Crippen LogP contribution < -0.4 is 21.1 Å². The number of carbonyl (C=O) groups is 2. The number of halogens is 1. The monoisotopic (exact) mass is 315 g/mol. The van der Waals surface area contributed by atoms with Crippen molar-refractivity contribution in [2.75, 3.05) is 26.7 Å². The number of amides is 2. The van der Waals surface area contributed by atoms with Gasteiger partial charge in [0.25, 0.3) is 0 Å². The maximum absolute atomic E-state index is 11.5. The van der Waals surface area contributed by atoms with Gasteiger partial charge in [0.15, 0.2) is 0 Å². The quantitative estimate of drug-likeness (QED) is 0.585. The molecule has 4 N–H and O–H groups in total. The zero-order chi connectivity index (χ0) is 14.8. The first kappa shape index (κ1) is 19.2. The minimum absolute atomic E-state index is 0. The molecule has 1 rings (SSSR count). The summed E-state index contributed by atoms with van der Waals surface area (Å²) in [6.07, 6.45) is 1.17. The molecule has 0 heterocycles. The van der Waals surface area contributed by atoms with Crippen LogP contribution >= 0.6 is 12.4 Å². The van der Waals surface area contributed by atoms with E-state index in [1.54, 1.807) is 24.3 Å². The van der Waals surface area contributed by atoms with Crippen molar-refractivity contribution in [3.8, 4) is 5.75 Å². The molecule has 0 aliphatic rings. The highest BCUT2D eigenvalue weighted by Crippen LogP contribution is 2.12. The summed E-state index contributed by atoms with van der Waals surface area (Å²) < 4.78 is 5.41. The van der Waals surface area contributed by atoms with Gasteiger partial charge >= 0.3 is 0 Å². The summed E-state index contributed by atoms with van der Waals surface area (Å²) in [5.41, 5.74) is 5.56. The first-order chi connectivity index (χ1) is 9.63. The van der Waals surface area contributed by atoms with Crippen LogP contribution in [0.2, 0.25) is 0 Å². The van der Waals surface area contributed by atoms with Crippen molar-refractivity contribution in [3.63, 3.8) is 0 Å². The van der Waals surface area contributed by atoms with Gasteiger partial charge in [-0.05, 0) is 38.2 Å². The molecule has 0 radical (unpaired) electrons. The Labute approximate surface area is 130 Å². The second-order valence-corrected chi connectivity index (χ2v) is 4.30. The number of rotatable bonds is 9. The Morgan fingerprint density at radius 1 is 1.29 bits per heavy atom. The van der Waals surface area contributed by atoms with Crippen molar-refractivity contribution in [2.45, 2.75) is 12.8 Å². The number of hydrogen-bond donors (Lipinski definition) is 3. The van der Waals surface area contributed by atoms with Gasteiger partial charge in [-0.2, -0.15) is 0 Å². The second kappa shape index (κ2) is 10.9. The van der Waals surface area contributed by atoms with Crippen LogP contribution in [0.1, 0.15) is 23.2 Å². The van der Waals surface area contributed by atoms with Gasteiger partial charge in [0.05, 0.1) is 13.0 Å². The number of nitrogens with one attached hydrogen (secondary N) is 2. The molecule has 0 aromatic heterocycles. The molecule has 2 amide bonds. The molecule has 21 heavy (non-hydrogen) atoms. The third-order valence-electron chi connectivity index (χ3n) is 2.64. The highest BCUT2D eigenvalue weighted by Gasteiger charge is 2.04. The third-order valence-corrected chi connectivity index (χ3v) is 2.64. The van der Waals surface area contributed by atoms with Crippen LogP contribution in [0.3, 0.4) is 0 Å². The minimum Gasteiger partial charge on any atom is -0.493 e. The molecule has 0 bridgehead atoms. The lowest BCUT2D eigenvalue weighted by Crippen LogP contribution is -2.27. The van der Waals surface area contributed by atoms with Gasteiger partial charge in [0.1, 0.15) is 5.75 Å². The first-order valence-corrected chi connectivity index (χ1v) is 6.57. The largest absolute Gasteiger partial charge is 0.493 e. The molecule has 118 valence electrons. The summed E-state index contributed by atoms with van der Waals surface area (Å²) in [6, 6.07) is 6.58. The number of benzene rings is 1. The van der Waals surface area contributed by atoms with E-state index < -0.39 is 5.91 Å². The van der Waals surface area contributed by atoms with Gasteiger partial charge < -0.3 is 21.1 Å². The van der Waals surface area contributed by atoms with Gasteiger partial charge in [-0.25, -0.2) is 0 Å². The number of primary amides is 1. The molecule has 0 spiro atoms. The van der Waals surface area contributed by atoms with E-state index in [2.05, 4.69) is 10.6 Å². The molecular weight excluding hydrogens is 294 g/mol. The van der Waals surface area contributed by atoms with Crippen LogP contribution in [-0.2, 0) is 4.79 Å². The Morgan fingerprint density at radius 2 is 2.05 bits per heavy atom. The SMILES string of the molecule is CNCCCNC(=O)CCOc1cccc(C(N)=O)c1.Cl. The van der Waals surface area contributed by atoms with Crippen molar-refractivity contribution in [1.29, 1.82) is 0 Å². The van der Waals surface area contributed by atoms with Gasteiger partial charge in [-0.1, -0.05) is 6.07 Å². The van der Waals surface area contributed by atoms with Crippen molar-refractivity contribution in [3.05, 3.63) is 29.8 Å². The van der Waals surface area contributed by atoms with Crippen LogP contribution in [0, 0.1) is 0 Å². The summed E-state index contributed by atoms with van der Waals surface area (Å²) in [7, 11) is 1.87. The van der Waals surface area contributed by atoms with Crippen molar-refractivity contribution >= 4 is 24.2 Å². The van der Waals surface area contributed by atoms with Gasteiger partial charge in [-0.3, -0.25) is 9.59 Å². The third kappa shape index (κ3) is 8.16. The van der Waals surface area contributed by atoms with Crippen LogP contribution in [-0.4, -0.2) is 38.6 Å². The maximum Gasteiger partial charge on any atom is 0.248 e. The van der Waals surface area contributed by atoms with Crippen LogP contribution in [0.5, 0.6) is 5.75 Å². The Morgan fingerprint density at radius 3 is 2.71 bits per heavy atom. The van der Waals surface area contributed by atoms with E-state index in [1.807, 2.05) is 7.05 Å². The summed E-state index contributed by atoms with van der Waals surface area (Å²) in [5, 5.41) is 5.81. The van der Waals surface area contributed by atoms with Crippen LogP contribution in [0.4, 0.5) is 0 Å². The highest BCUT2D eigenvalue weighted by molar-refractivity contribution is 5.93. The lowest BCUT2D eigenvalue weighted by atomic mass is 10.2. The van der Waals surface area contributed by atoms with Gasteiger partial charge in [0, 0.05) is 12.1 Å². The average Bonchev–Trinajstić information content (AvgIpc) is 2.44. The Kier molecular flexibility index (Phi) is 10.0. The van der Waals surface area contributed by atoms with E-state index in [0.29, 0.717) is 17.9 Å². The summed E-state index contributed by atoms with van der Waals surface area (Å²) >= 11 is 0. The molecule has 0 aliphatic carbocycles. The minimum atomic E-state index is -0.502. The number of hydrogen-bond acceptors (Lipinski definition) is 4. The van der Waals surface area contributed by atoms with Crippen molar-refractivity contribution in [1.82, 2.24) is 10.6 Å². The molecule has 6 nitrogen and oxygen atoms in total. The number of ether oxygens (including phenoxy) is 1. The van der Waals surface area contributed by atoms with E-state index in [-0.39, 0.29) is 31.3 Å². The lowest BCUT2D eigenvalue weighted by Gasteiger charge is -2.08. The topological polar surface area (TPSA) is 93.4 Å². The van der Waals surface area contributed by atoms with E-state index in [4.69, 9.17) is 10.5 Å². The molecule has 7 heteroatoms. The van der Waals surface area contributed by atoms with Crippen molar-refractivity contribution < 1.29 is 14.3 Å². The standard InChI is InChI=1S/C14H21N3O3.ClH/c1-16-7-3-8-17-13(18)6-9-20-12-5-2-4-11(10-12)14(15)19;/h2,4-5,10,16H,3,6-9H2,1H3,(H2,15,19)(H,17,18);1H. The molecule has 0 aliphatic heterocycles. The predicted molar refractivity (Wildman–Crippen MR) is 83.9 cm³/mol. The smallest absolute Gasteiger partial charge is 0.248 e. The summed E-state index contributed by atoms with van der Waals surface area (Å²) in [4.78, 5) is 22.5. The molecule has 0 atom stereocenters. The van der Waals surface area contributed by atoms with E-state index >= 15 is 0 Å². The molecule has 0 fully saturated rings. The lowest BCUT2D eigenvalue weighted by molar-refractivity contribution is -0.121. The zero-order valence-corrected chi connectivity index (χ0v) is 12.9. The van der Waals surface area contributed by atoms with Crippen LogP contribution in [0.25, 0.3) is 0 Å². The molecule has 1 aromatic carbocycles. The molecular formula is C14H22ClN3O3. The number of carbonyl (C=O) groups excluding carboxylic acids is 2. The average molecular weight is 316 g/mol. The van der Waals surface area contributed by atoms with E-state index in [9.17, 15) is 9.59 Å². The molecule has 0 saturated heterocycles. The molecule has 0 unspecified atom stereocenters. The van der Waals surface area contributed by atoms with E-state index in [0.717, 1.165) is 13.0 Å². The fourth-order valence-electron chi connectivity index (χ4n) is 1.58. The summed E-state index contributed by atoms with van der Waals surface area (Å²) in [6.45, 7) is 1.79. The fourth-order valence-corrected chi connectivity index (χ4v) is 1.58. The second-order valence-electron chi connectivity index (χ2n) is 4.30. The summed E-state index contributed by atoms with van der Waals surface area (Å²) in [5.74, 6) is -0.0193. The fraction of sp³-hybridized carbons (Fsp3) is 0.429.